The fraction of sp³-hybridized carbons (Fsp3) is 0.652. The lowest BCUT2D eigenvalue weighted by Gasteiger charge is -2.31. The maximum Gasteiger partial charge on any atom is 0.221 e. The summed E-state index contributed by atoms with van der Waals surface area (Å²) >= 11 is 0. The molecule has 30 heavy (non-hydrogen) atoms. The van der Waals surface area contributed by atoms with Gasteiger partial charge in [-0.3, -0.25) is 9.79 Å². The summed E-state index contributed by atoms with van der Waals surface area (Å²) in [4.78, 5) is 16.7. The Morgan fingerprint density at radius 1 is 1.23 bits per heavy atom. The summed E-state index contributed by atoms with van der Waals surface area (Å²) in [5.41, 5.74) is 2.49. The van der Waals surface area contributed by atoms with E-state index < -0.39 is 0 Å². The Kier molecular flexibility index (Phi) is 13.0. The highest BCUT2D eigenvalue weighted by atomic mass is 127. The van der Waals surface area contributed by atoms with E-state index in [9.17, 15) is 4.79 Å². The molecule has 1 aliphatic heterocycles. The quantitative estimate of drug-likeness (QED) is 0.257. The van der Waals surface area contributed by atoms with Crippen LogP contribution in [0.4, 0.5) is 0 Å². The molecule has 0 bridgehead atoms. The van der Waals surface area contributed by atoms with Gasteiger partial charge in [0.25, 0.3) is 0 Å². The average molecular weight is 530 g/mol. The van der Waals surface area contributed by atoms with Gasteiger partial charge in [-0.2, -0.15) is 0 Å². The number of ether oxygens (including phenoxy) is 1. The summed E-state index contributed by atoms with van der Waals surface area (Å²) in [6.07, 6.45) is 3.65. The molecule has 3 unspecified atom stereocenters. The molecule has 170 valence electrons. The standard InChI is InChI=1S/C23H38N4O2.HI/c1-5-18(4)27-21(28)13-14-25-23(24-6-2)26-16-20-8-7-15-29-22(20)19-11-9-17(3)10-12-19;/h9-12,18,20,22H,5-8,13-16H2,1-4H3,(H,27,28)(H2,24,25,26);1H. The van der Waals surface area contributed by atoms with E-state index in [1.165, 1.54) is 11.1 Å². The number of hydrogen-bond donors (Lipinski definition) is 3. The Bertz CT molecular complexity index is 651. The molecule has 1 aromatic carbocycles. The average Bonchev–Trinajstić information content (AvgIpc) is 2.72. The minimum atomic E-state index is 0. The Morgan fingerprint density at radius 2 is 1.97 bits per heavy atom. The zero-order valence-corrected chi connectivity index (χ0v) is 21.2. The van der Waals surface area contributed by atoms with Gasteiger partial charge in [0.15, 0.2) is 5.96 Å². The molecule has 2 rings (SSSR count). The van der Waals surface area contributed by atoms with Gasteiger partial charge in [-0.05, 0) is 45.6 Å². The van der Waals surface area contributed by atoms with Crippen LogP contribution < -0.4 is 16.0 Å². The lowest BCUT2D eigenvalue weighted by Crippen LogP contribution is -2.40. The third-order valence-electron chi connectivity index (χ3n) is 5.34. The number of hydrogen-bond acceptors (Lipinski definition) is 3. The molecule has 7 heteroatoms. The number of carbonyl (C=O) groups excluding carboxylic acids is 1. The maximum absolute atomic E-state index is 12.0. The first-order chi connectivity index (χ1) is 14.0. The maximum atomic E-state index is 12.0. The number of amides is 1. The number of halogens is 1. The van der Waals surface area contributed by atoms with Crippen molar-refractivity contribution in [3.05, 3.63) is 35.4 Å². The van der Waals surface area contributed by atoms with Crippen LogP contribution >= 0.6 is 24.0 Å². The monoisotopic (exact) mass is 530 g/mol. The van der Waals surface area contributed by atoms with Crippen LogP contribution in [-0.4, -0.2) is 44.1 Å². The van der Waals surface area contributed by atoms with E-state index in [2.05, 4.69) is 54.1 Å². The molecule has 0 saturated carbocycles. The first-order valence-electron chi connectivity index (χ1n) is 11.0. The van der Waals surface area contributed by atoms with Crippen LogP contribution in [0.1, 0.15) is 63.7 Å². The van der Waals surface area contributed by atoms with E-state index in [-0.39, 0.29) is 42.0 Å². The summed E-state index contributed by atoms with van der Waals surface area (Å²) in [6.45, 7) is 11.1. The largest absolute Gasteiger partial charge is 0.373 e. The van der Waals surface area contributed by atoms with Crippen molar-refractivity contribution in [3.63, 3.8) is 0 Å². The normalized spacial score (nSPS) is 20.1. The van der Waals surface area contributed by atoms with Gasteiger partial charge in [0.05, 0.1) is 6.10 Å². The molecule has 0 aromatic heterocycles. The highest BCUT2D eigenvalue weighted by Crippen LogP contribution is 2.33. The van der Waals surface area contributed by atoms with Gasteiger partial charge in [0.2, 0.25) is 5.91 Å². The van der Waals surface area contributed by atoms with Gasteiger partial charge in [0, 0.05) is 44.6 Å². The van der Waals surface area contributed by atoms with E-state index in [0.717, 1.165) is 38.4 Å². The zero-order valence-electron chi connectivity index (χ0n) is 18.9. The van der Waals surface area contributed by atoms with Crippen molar-refractivity contribution in [1.82, 2.24) is 16.0 Å². The van der Waals surface area contributed by atoms with Crippen LogP contribution in [-0.2, 0) is 9.53 Å². The Labute approximate surface area is 199 Å². The fourth-order valence-electron chi connectivity index (χ4n) is 3.45. The van der Waals surface area contributed by atoms with E-state index in [4.69, 9.17) is 9.73 Å². The molecule has 1 heterocycles. The molecule has 3 atom stereocenters. The summed E-state index contributed by atoms with van der Waals surface area (Å²) in [6, 6.07) is 8.84. The predicted molar refractivity (Wildman–Crippen MR) is 135 cm³/mol. The number of aryl methyl sites for hydroxylation is 1. The lowest BCUT2D eigenvalue weighted by molar-refractivity contribution is -0.121. The van der Waals surface area contributed by atoms with Gasteiger partial charge in [-0.1, -0.05) is 36.8 Å². The number of aliphatic imine (C=N–C) groups is 1. The van der Waals surface area contributed by atoms with Gasteiger partial charge in [-0.15, -0.1) is 24.0 Å². The van der Waals surface area contributed by atoms with Crippen molar-refractivity contribution in [1.29, 1.82) is 0 Å². The van der Waals surface area contributed by atoms with E-state index in [0.29, 0.717) is 25.4 Å². The number of rotatable bonds is 9. The second-order valence-corrected chi connectivity index (χ2v) is 7.88. The lowest BCUT2D eigenvalue weighted by atomic mass is 9.89. The Hall–Kier alpha value is -1.35. The number of carbonyl (C=O) groups is 1. The van der Waals surface area contributed by atoms with Crippen molar-refractivity contribution in [2.45, 2.75) is 65.5 Å². The number of nitrogens with one attached hydrogen (secondary N) is 3. The molecule has 0 spiro atoms. The first-order valence-corrected chi connectivity index (χ1v) is 11.0. The molecule has 1 aliphatic rings. The van der Waals surface area contributed by atoms with E-state index in [1.807, 2.05) is 13.8 Å². The second kappa shape index (κ2) is 14.6. The van der Waals surface area contributed by atoms with Crippen LogP contribution in [0.3, 0.4) is 0 Å². The van der Waals surface area contributed by atoms with Crippen LogP contribution in [0.2, 0.25) is 0 Å². The second-order valence-electron chi connectivity index (χ2n) is 7.88. The minimum absolute atomic E-state index is 0. The van der Waals surface area contributed by atoms with Gasteiger partial charge in [0.1, 0.15) is 0 Å². The van der Waals surface area contributed by atoms with Crippen molar-refractivity contribution in [3.8, 4) is 0 Å². The summed E-state index contributed by atoms with van der Waals surface area (Å²) in [5, 5.41) is 9.55. The molecule has 1 aromatic rings. The van der Waals surface area contributed by atoms with Crippen LogP contribution in [0.5, 0.6) is 0 Å². The number of benzene rings is 1. The Morgan fingerprint density at radius 3 is 2.63 bits per heavy atom. The summed E-state index contributed by atoms with van der Waals surface area (Å²) < 4.78 is 6.11. The smallest absolute Gasteiger partial charge is 0.221 e. The first kappa shape index (κ1) is 26.7. The molecule has 6 nitrogen and oxygen atoms in total. The van der Waals surface area contributed by atoms with Gasteiger partial charge < -0.3 is 20.7 Å². The molecular weight excluding hydrogens is 491 g/mol. The topological polar surface area (TPSA) is 74.8 Å². The summed E-state index contributed by atoms with van der Waals surface area (Å²) in [7, 11) is 0. The van der Waals surface area contributed by atoms with E-state index in [1.54, 1.807) is 0 Å². The van der Waals surface area contributed by atoms with Gasteiger partial charge in [-0.25, -0.2) is 0 Å². The van der Waals surface area contributed by atoms with E-state index >= 15 is 0 Å². The molecule has 1 fully saturated rings. The Balaban J connectivity index is 0.00000450. The highest BCUT2D eigenvalue weighted by molar-refractivity contribution is 14.0. The molecule has 0 radical (unpaired) electrons. The van der Waals surface area contributed by atoms with Crippen LogP contribution in [0.15, 0.2) is 29.3 Å². The number of nitrogens with zero attached hydrogens (tertiary/aromatic N) is 1. The van der Waals surface area contributed by atoms with Gasteiger partial charge >= 0.3 is 0 Å². The van der Waals surface area contributed by atoms with Crippen LogP contribution in [0.25, 0.3) is 0 Å². The minimum Gasteiger partial charge on any atom is -0.373 e. The molecule has 1 saturated heterocycles. The zero-order chi connectivity index (χ0) is 21.1. The number of guanidine groups is 1. The predicted octanol–water partition coefficient (Wildman–Crippen LogP) is 3.94. The third kappa shape index (κ3) is 9.20. The van der Waals surface area contributed by atoms with Crippen molar-refractivity contribution in [2.24, 2.45) is 10.9 Å². The molecular formula is C23H39IN4O2. The molecule has 0 aliphatic carbocycles. The van der Waals surface area contributed by atoms with Crippen molar-refractivity contribution >= 4 is 35.8 Å². The summed E-state index contributed by atoms with van der Waals surface area (Å²) in [5.74, 6) is 1.19. The molecule has 3 N–H and O–H groups in total. The third-order valence-corrected chi connectivity index (χ3v) is 5.34. The van der Waals surface area contributed by atoms with Crippen LogP contribution in [0, 0.1) is 12.8 Å². The van der Waals surface area contributed by atoms with Crippen molar-refractivity contribution in [2.75, 3.05) is 26.2 Å². The fourth-order valence-corrected chi connectivity index (χ4v) is 3.45. The van der Waals surface area contributed by atoms with Crippen molar-refractivity contribution < 1.29 is 9.53 Å². The molecule has 1 amide bonds. The SMILES string of the molecule is CCNC(=NCC1CCCOC1c1ccc(C)cc1)NCCC(=O)NC(C)CC.I. The highest BCUT2D eigenvalue weighted by Gasteiger charge is 2.27.